The van der Waals surface area contributed by atoms with E-state index in [2.05, 4.69) is 5.32 Å². The Morgan fingerprint density at radius 3 is 2.46 bits per heavy atom. The molecule has 1 N–H and O–H groups in total. The SMILES string of the molecule is CC[C@@H](C)NC(=O)c1c2c(cn(-c3ccc(F)cc3)c1=O)C(=O)CC(C)(C)C2. The van der Waals surface area contributed by atoms with E-state index in [0.717, 1.165) is 6.42 Å². The summed E-state index contributed by atoms with van der Waals surface area (Å²) in [6.45, 7) is 7.71. The molecule has 1 aliphatic rings. The van der Waals surface area contributed by atoms with E-state index < -0.39 is 17.3 Å². The summed E-state index contributed by atoms with van der Waals surface area (Å²) in [5.41, 5.74) is 0.469. The molecule has 1 aromatic carbocycles. The Bertz CT molecular complexity index is 990. The lowest BCUT2D eigenvalue weighted by molar-refractivity contribution is 0.0908. The van der Waals surface area contributed by atoms with Crippen LogP contribution in [0.25, 0.3) is 5.69 Å². The summed E-state index contributed by atoms with van der Waals surface area (Å²) in [5, 5.41) is 2.84. The van der Waals surface area contributed by atoms with Crippen LogP contribution in [-0.4, -0.2) is 22.3 Å². The van der Waals surface area contributed by atoms with Crippen molar-refractivity contribution in [3.63, 3.8) is 0 Å². The molecule has 0 aliphatic heterocycles. The van der Waals surface area contributed by atoms with Crippen LogP contribution >= 0.6 is 0 Å². The predicted octanol–water partition coefficient (Wildman–Crippen LogP) is 3.66. The molecular formula is C22H25FN2O3. The van der Waals surface area contributed by atoms with Gasteiger partial charge in [-0.2, -0.15) is 0 Å². The summed E-state index contributed by atoms with van der Waals surface area (Å²) in [7, 11) is 0. The van der Waals surface area contributed by atoms with Crippen LogP contribution in [0.3, 0.4) is 0 Å². The molecule has 0 radical (unpaired) electrons. The first-order chi connectivity index (χ1) is 13.1. The maximum Gasteiger partial charge on any atom is 0.268 e. The van der Waals surface area contributed by atoms with Crippen molar-refractivity contribution in [2.75, 3.05) is 0 Å². The number of Topliss-reactive ketones (excluding diaryl/α,β-unsaturated/α-hetero) is 1. The number of halogens is 1. The summed E-state index contributed by atoms with van der Waals surface area (Å²) in [4.78, 5) is 39.0. The minimum atomic E-state index is -0.503. The number of rotatable bonds is 4. The normalized spacial score (nSPS) is 16.4. The van der Waals surface area contributed by atoms with Crippen LogP contribution in [-0.2, 0) is 6.42 Å². The first-order valence-electron chi connectivity index (χ1n) is 9.51. The second-order valence-electron chi connectivity index (χ2n) is 8.27. The van der Waals surface area contributed by atoms with Crippen molar-refractivity contribution < 1.29 is 14.0 Å². The van der Waals surface area contributed by atoms with Gasteiger partial charge in [0.15, 0.2) is 5.78 Å². The highest BCUT2D eigenvalue weighted by atomic mass is 19.1. The van der Waals surface area contributed by atoms with Gasteiger partial charge in [0.2, 0.25) is 0 Å². The Morgan fingerprint density at radius 2 is 1.86 bits per heavy atom. The van der Waals surface area contributed by atoms with Gasteiger partial charge in [0.1, 0.15) is 11.4 Å². The quantitative estimate of drug-likeness (QED) is 0.875. The Kier molecular flexibility index (Phi) is 5.24. The smallest absolute Gasteiger partial charge is 0.268 e. The molecule has 1 amide bonds. The van der Waals surface area contributed by atoms with Crippen molar-refractivity contribution in [2.24, 2.45) is 5.41 Å². The van der Waals surface area contributed by atoms with E-state index in [-0.39, 0.29) is 22.8 Å². The topological polar surface area (TPSA) is 68.2 Å². The zero-order chi connectivity index (χ0) is 20.6. The van der Waals surface area contributed by atoms with Crippen molar-refractivity contribution in [2.45, 2.75) is 53.0 Å². The van der Waals surface area contributed by atoms with Crippen LogP contribution in [0.4, 0.5) is 4.39 Å². The highest BCUT2D eigenvalue weighted by Gasteiger charge is 2.36. The summed E-state index contributed by atoms with van der Waals surface area (Å²) in [6, 6.07) is 5.29. The highest BCUT2D eigenvalue weighted by Crippen LogP contribution is 2.35. The second-order valence-corrected chi connectivity index (χ2v) is 8.27. The molecule has 1 aliphatic carbocycles. The van der Waals surface area contributed by atoms with E-state index in [4.69, 9.17) is 0 Å². The predicted molar refractivity (Wildman–Crippen MR) is 106 cm³/mol. The first-order valence-corrected chi connectivity index (χ1v) is 9.51. The zero-order valence-electron chi connectivity index (χ0n) is 16.6. The largest absolute Gasteiger partial charge is 0.349 e. The molecule has 2 aromatic rings. The Morgan fingerprint density at radius 1 is 1.21 bits per heavy atom. The van der Waals surface area contributed by atoms with Crippen molar-refractivity contribution in [1.82, 2.24) is 9.88 Å². The van der Waals surface area contributed by atoms with Gasteiger partial charge in [0.25, 0.3) is 11.5 Å². The summed E-state index contributed by atoms with van der Waals surface area (Å²) in [5.74, 6) is -1.00. The number of nitrogens with one attached hydrogen (secondary N) is 1. The number of nitrogens with zero attached hydrogens (tertiary/aromatic N) is 1. The molecule has 28 heavy (non-hydrogen) atoms. The number of hydrogen-bond acceptors (Lipinski definition) is 3. The van der Waals surface area contributed by atoms with Crippen molar-refractivity contribution in [1.29, 1.82) is 0 Å². The molecule has 1 atom stereocenters. The molecule has 0 bridgehead atoms. The van der Waals surface area contributed by atoms with Gasteiger partial charge in [0, 0.05) is 29.9 Å². The Hall–Kier alpha value is -2.76. The van der Waals surface area contributed by atoms with E-state index in [1.165, 1.54) is 35.0 Å². The van der Waals surface area contributed by atoms with Crippen molar-refractivity contribution in [3.05, 3.63) is 63.3 Å². The van der Waals surface area contributed by atoms with E-state index >= 15 is 0 Å². The van der Waals surface area contributed by atoms with Gasteiger partial charge >= 0.3 is 0 Å². The minimum absolute atomic E-state index is 0.00301. The maximum atomic E-state index is 13.3. The fraction of sp³-hybridized carbons (Fsp3) is 0.409. The van der Waals surface area contributed by atoms with E-state index in [1.54, 1.807) is 0 Å². The third kappa shape index (κ3) is 3.77. The Labute approximate surface area is 163 Å². The van der Waals surface area contributed by atoms with Gasteiger partial charge < -0.3 is 5.32 Å². The van der Waals surface area contributed by atoms with Crippen LogP contribution in [0.1, 0.15) is 66.8 Å². The number of fused-ring (bicyclic) bond motifs is 1. The second kappa shape index (κ2) is 7.34. The zero-order valence-corrected chi connectivity index (χ0v) is 16.6. The molecule has 1 heterocycles. The molecule has 0 fully saturated rings. The number of hydrogen-bond donors (Lipinski definition) is 1. The van der Waals surface area contributed by atoms with Crippen LogP contribution in [0.2, 0.25) is 0 Å². The van der Waals surface area contributed by atoms with Crippen LogP contribution in [0.5, 0.6) is 0 Å². The molecule has 0 spiro atoms. The number of amides is 1. The van der Waals surface area contributed by atoms with Crippen LogP contribution < -0.4 is 10.9 Å². The summed E-state index contributed by atoms with van der Waals surface area (Å²) < 4.78 is 14.6. The van der Waals surface area contributed by atoms with E-state index in [0.29, 0.717) is 29.7 Å². The molecule has 0 saturated heterocycles. The molecule has 1 aromatic heterocycles. The molecule has 5 nitrogen and oxygen atoms in total. The lowest BCUT2D eigenvalue weighted by Crippen LogP contribution is -2.41. The number of aromatic nitrogens is 1. The fourth-order valence-corrected chi connectivity index (χ4v) is 3.57. The molecule has 6 heteroatoms. The minimum Gasteiger partial charge on any atom is -0.349 e. The highest BCUT2D eigenvalue weighted by molar-refractivity contribution is 6.04. The maximum absolute atomic E-state index is 13.3. The third-order valence-corrected chi connectivity index (χ3v) is 5.23. The van der Waals surface area contributed by atoms with Crippen LogP contribution in [0, 0.1) is 11.2 Å². The monoisotopic (exact) mass is 384 g/mol. The average Bonchev–Trinajstić information content (AvgIpc) is 2.61. The third-order valence-electron chi connectivity index (χ3n) is 5.23. The van der Waals surface area contributed by atoms with Gasteiger partial charge in [-0.05, 0) is 55.0 Å². The van der Waals surface area contributed by atoms with Gasteiger partial charge in [-0.25, -0.2) is 4.39 Å². The van der Waals surface area contributed by atoms with Crippen molar-refractivity contribution in [3.8, 4) is 5.69 Å². The van der Waals surface area contributed by atoms with E-state index in [9.17, 15) is 18.8 Å². The number of carbonyl (C=O) groups is 2. The lowest BCUT2D eigenvalue weighted by Gasteiger charge is -2.31. The van der Waals surface area contributed by atoms with Gasteiger partial charge in [-0.15, -0.1) is 0 Å². The Balaban J connectivity index is 2.25. The molecular weight excluding hydrogens is 359 g/mol. The molecule has 3 rings (SSSR count). The molecule has 148 valence electrons. The summed E-state index contributed by atoms with van der Waals surface area (Å²) >= 11 is 0. The number of carbonyl (C=O) groups excluding carboxylic acids is 2. The van der Waals surface area contributed by atoms with Gasteiger partial charge in [-0.3, -0.25) is 19.0 Å². The van der Waals surface area contributed by atoms with Crippen molar-refractivity contribution >= 4 is 11.7 Å². The van der Waals surface area contributed by atoms with E-state index in [1.807, 2.05) is 27.7 Å². The number of benzene rings is 1. The lowest BCUT2D eigenvalue weighted by atomic mass is 9.73. The standard InChI is InChI=1S/C22H25FN2O3/c1-5-13(2)24-20(27)19-16-10-22(3,4)11-18(26)17(16)12-25(21(19)28)15-8-6-14(23)7-9-15/h6-9,12-13H,5,10-11H2,1-4H3,(H,24,27)/t13-/m1/s1. The summed E-state index contributed by atoms with van der Waals surface area (Å²) in [6.07, 6.45) is 3.02. The van der Waals surface area contributed by atoms with Gasteiger partial charge in [0.05, 0.1) is 0 Å². The number of pyridine rings is 1. The molecule has 0 saturated carbocycles. The number of ketones is 1. The fourth-order valence-electron chi connectivity index (χ4n) is 3.57. The van der Waals surface area contributed by atoms with Crippen LogP contribution in [0.15, 0.2) is 35.3 Å². The van der Waals surface area contributed by atoms with Gasteiger partial charge in [-0.1, -0.05) is 20.8 Å². The first kappa shape index (κ1) is 20.0. The average molecular weight is 384 g/mol. The molecule has 0 unspecified atom stereocenters.